The molecule has 3 nitrogen and oxygen atoms in total. The third-order valence-electron chi connectivity index (χ3n) is 3.75. The highest BCUT2D eigenvalue weighted by molar-refractivity contribution is 5.79. The summed E-state index contributed by atoms with van der Waals surface area (Å²) in [5.74, 6) is 0.389. The van der Waals surface area contributed by atoms with Crippen LogP contribution >= 0.6 is 0 Å². The number of rotatable bonds is 2. The quantitative estimate of drug-likeness (QED) is 0.873. The van der Waals surface area contributed by atoms with E-state index in [1.165, 1.54) is 6.42 Å². The predicted molar refractivity (Wildman–Crippen MR) is 71.4 cm³/mol. The summed E-state index contributed by atoms with van der Waals surface area (Å²) in [7, 11) is 0. The van der Waals surface area contributed by atoms with Crippen LogP contribution in [0.5, 0.6) is 5.75 Å². The van der Waals surface area contributed by atoms with Crippen molar-refractivity contribution in [3.8, 4) is 5.75 Å². The molecule has 1 heterocycles. The largest absolute Gasteiger partial charge is 0.508 e. The van der Waals surface area contributed by atoms with E-state index in [2.05, 4.69) is 13.8 Å². The lowest BCUT2D eigenvalue weighted by Gasteiger charge is -2.39. The molecule has 1 saturated heterocycles. The number of carbonyl (C=O) groups is 1. The van der Waals surface area contributed by atoms with Gasteiger partial charge in [-0.25, -0.2) is 0 Å². The monoisotopic (exact) mass is 247 g/mol. The fourth-order valence-corrected chi connectivity index (χ4v) is 2.85. The molecule has 0 aromatic heterocycles. The van der Waals surface area contributed by atoms with Crippen molar-refractivity contribution in [1.82, 2.24) is 4.90 Å². The molecule has 1 aromatic rings. The fraction of sp³-hybridized carbons (Fsp3) is 0.533. The zero-order valence-electron chi connectivity index (χ0n) is 11.1. The molecule has 2 unspecified atom stereocenters. The molecule has 1 aliphatic heterocycles. The Bertz CT molecular complexity index is 420. The van der Waals surface area contributed by atoms with Gasteiger partial charge in [-0.3, -0.25) is 4.79 Å². The lowest BCUT2D eigenvalue weighted by molar-refractivity contribution is -0.136. The van der Waals surface area contributed by atoms with E-state index in [0.717, 1.165) is 18.4 Å². The molecule has 0 spiro atoms. The SMILES string of the molecule is CC1CCCC(C)N1C(=O)Cc1cccc(O)c1. The van der Waals surface area contributed by atoms with Crippen LogP contribution in [0.25, 0.3) is 0 Å². The number of hydrogen-bond donors (Lipinski definition) is 1. The molecular weight excluding hydrogens is 226 g/mol. The molecule has 0 aliphatic carbocycles. The van der Waals surface area contributed by atoms with Gasteiger partial charge in [0.25, 0.3) is 0 Å². The molecule has 1 aromatic carbocycles. The van der Waals surface area contributed by atoms with Gasteiger partial charge in [-0.2, -0.15) is 0 Å². The van der Waals surface area contributed by atoms with Gasteiger partial charge < -0.3 is 10.0 Å². The highest BCUT2D eigenvalue weighted by Crippen LogP contribution is 2.23. The Morgan fingerprint density at radius 1 is 1.33 bits per heavy atom. The van der Waals surface area contributed by atoms with Crippen LogP contribution in [0.2, 0.25) is 0 Å². The van der Waals surface area contributed by atoms with Crippen LogP contribution in [-0.2, 0) is 11.2 Å². The van der Waals surface area contributed by atoms with Crippen molar-refractivity contribution in [1.29, 1.82) is 0 Å². The van der Waals surface area contributed by atoms with Gasteiger partial charge in [0.2, 0.25) is 5.91 Å². The third-order valence-corrected chi connectivity index (χ3v) is 3.75. The number of likely N-dealkylation sites (tertiary alicyclic amines) is 1. The van der Waals surface area contributed by atoms with Crippen LogP contribution in [0.4, 0.5) is 0 Å². The van der Waals surface area contributed by atoms with Gasteiger partial charge in [0.15, 0.2) is 0 Å². The number of benzene rings is 1. The number of nitrogens with zero attached hydrogens (tertiary/aromatic N) is 1. The van der Waals surface area contributed by atoms with Gasteiger partial charge in [-0.15, -0.1) is 0 Å². The number of phenolic OH excluding ortho intramolecular Hbond substituents is 1. The predicted octanol–water partition coefficient (Wildman–Crippen LogP) is 2.72. The van der Waals surface area contributed by atoms with Crippen LogP contribution in [0.3, 0.4) is 0 Å². The molecule has 1 fully saturated rings. The summed E-state index contributed by atoms with van der Waals surface area (Å²) in [5.41, 5.74) is 0.880. The summed E-state index contributed by atoms with van der Waals surface area (Å²) in [4.78, 5) is 14.4. The average Bonchev–Trinajstić information content (AvgIpc) is 2.28. The molecule has 0 radical (unpaired) electrons. The van der Waals surface area contributed by atoms with Crippen LogP contribution in [0.15, 0.2) is 24.3 Å². The molecular formula is C15H21NO2. The summed E-state index contributed by atoms with van der Waals surface area (Å²) in [6.45, 7) is 4.24. The Hall–Kier alpha value is -1.51. The number of aromatic hydroxyl groups is 1. The van der Waals surface area contributed by atoms with Crippen LogP contribution in [0, 0.1) is 0 Å². The van der Waals surface area contributed by atoms with Crippen molar-refractivity contribution in [2.24, 2.45) is 0 Å². The molecule has 3 heteroatoms. The summed E-state index contributed by atoms with van der Waals surface area (Å²) >= 11 is 0. The highest BCUT2D eigenvalue weighted by Gasteiger charge is 2.28. The van der Waals surface area contributed by atoms with Gasteiger partial charge >= 0.3 is 0 Å². The third kappa shape index (κ3) is 2.84. The second kappa shape index (κ2) is 5.42. The maximum Gasteiger partial charge on any atom is 0.227 e. The Labute approximate surface area is 108 Å². The van der Waals surface area contributed by atoms with E-state index >= 15 is 0 Å². The molecule has 1 aliphatic rings. The number of hydrogen-bond acceptors (Lipinski definition) is 2. The van der Waals surface area contributed by atoms with E-state index in [0.29, 0.717) is 18.5 Å². The van der Waals surface area contributed by atoms with Crippen LogP contribution in [0.1, 0.15) is 38.7 Å². The lowest BCUT2D eigenvalue weighted by atomic mass is 9.96. The molecule has 98 valence electrons. The van der Waals surface area contributed by atoms with Crippen molar-refractivity contribution in [3.63, 3.8) is 0 Å². The van der Waals surface area contributed by atoms with Crippen molar-refractivity contribution in [2.45, 2.75) is 51.6 Å². The molecule has 2 atom stereocenters. The Kier molecular flexibility index (Phi) is 3.90. The summed E-state index contributed by atoms with van der Waals surface area (Å²) in [6.07, 6.45) is 3.77. The van der Waals surface area contributed by atoms with Gasteiger partial charge in [-0.05, 0) is 50.8 Å². The van der Waals surface area contributed by atoms with Crippen molar-refractivity contribution in [2.75, 3.05) is 0 Å². The molecule has 0 bridgehead atoms. The Balaban J connectivity index is 2.07. The normalized spacial score (nSPS) is 24.0. The van der Waals surface area contributed by atoms with E-state index < -0.39 is 0 Å². The minimum absolute atomic E-state index is 0.167. The minimum atomic E-state index is 0.167. The zero-order chi connectivity index (χ0) is 13.1. The summed E-state index contributed by atoms with van der Waals surface area (Å²) in [5, 5.41) is 9.42. The Morgan fingerprint density at radius 2 is 2.00 bits per heavy atom. The topological polar surface area (TPSA) is 40.5 Å². The van der Waals surface area contributed by atoms with Crippen LogP contribution in [-0.4, -0.2) is 28.0 Å². The first-order chi connectivity index (χ1) is 8.58. The first-order valence-electron chi connectivity index (χ1n) is 6.67. The maximum absolute atomic E-state index is 12.3. The fourth-order valence-electron chi connectivity index (χ4n) is 2.85. The smallest absolute Gasteiger partial charge is 0.227 e. The number of piperidine rings is 1. The molecule has 1 N–H and O–H groups in total. The molecule has 18 heavy (non-hydrogen) atoms. The maximum atomic E-state index is 12.3. The van der Waals surface area contributed by atoms with E-state index in [4.69, 9.17) is 0 Å². The number of carbonyl (C=O) groups excluding carboxylic acids is 1. The van der Waals surface area contributed by atoms with Crippen LogP contribution < -0.4 is 0 Å². The van der Waals surface area contributed by atoms with E-state index in [9.17, 15) is 9.90 Å². The lowest BCUT2D eigenvalue weighted by Crippen LogP contribution is -2.48. The van der Waals surface area contributed by atoms with Crippen molar-refractivity contribution >= 4 is 5.91 Å². The number of amides is 1. The van der Waals surface area contributed by atoms with Gasteiger partial charge in [0.05, 0.1) is 6.42 Å². The summed E-state index contributed by atoms with van der Waals surface area (Å²) < 4.78 is 0. The average molecular weight is 247 g/mol. The second-order valence-electron chi connectivity index (χ2n) is 5.28. The van der Waals surface area contributed by atoms with Gasteiger partial charge in [-0.1, -0.05) is 12.1 Å². The minimum Gasteiger partial charge on any atom is -0.508 e. The van der Waals surface area contributed by atoms with Gasteiger partial charge in [0, 0.05) is 12.1 Å². The van der Waals surface area contributed by atoms with E-state index in [-0.39, 0.29) is 11.7 Å². The first kappa shape index (κ1) is 12.9. The molecule has 2 rings (SSSR count). The highest BCUT2D eigenvalue weighted by atomic mass is 16.3. The zero-order valence-corrected chi connectivity index (χ0v) is 11.1. The summed E-state index contributed by atoms with van der Waals surface area (Å²) in [6, 6.07) is 7.62. The van der Waals surface area contributed by atoms with Gasteiger partial charge in [0.1, 0.15) is 5.75 Å². The second-order valence-corrected chi connectivity index (χ2v) is 5.28. The van der Waals surface area contributed by atoms with Crippen molar-refractivity contribution in [3.05, 3.63) is 29.8 Å². The standard InChI is InChI=1S/C15H21NO2/c1-11-5-3-6-12(2)16(11)15(18)10-13-7-4-8-14(17)9-13/h4,7-9,11-12,17H,3,5-6,10H2,1-2H3. The Morgan fingerprint density at radius 3 is 2.61 bits per heavy atom. The van der Waals surface area contributed by atoms with E-state index in [1.807, 2.05) is 11.0 Å². The van der Waals surface area contributed by atoms with E-state index in [1.54, 1.807) is 18.2 Å². The molecule has 0 saturated carbocycles. The van der Waals surface area contributed by atoms with Crippen molar-refractivity contribution < 1.29 is 9.90 Å². The number of phenols is 1. The molecule has 1 amide bonds. The first-order valence-corrected chi connectivity index (χ1v) is 6.67.